The molecule has 0 bridgehead atoms. The van der Waals surface area contributed by atoms with Gasteiger partial charge in [-0.2, -0.15) is 0 Å². The van der Waals surface area contributed by atoms with Gasteiger partial charge >= 0.3 is 0 Å². The summed E-state index contributed by atoms with van der Waals surface area (Å²) in [4.78, 5) is 10.4. The van der Waals surface area contributed by atoms with Gasteiger partial charge in [0.2, 0.25) is 0 Å². The number of alkyl halides is 2. The molecule has 6 heteroatoms. The Kier molecular flexibility index (Phi) is 2.46. The Morgan fingerprint density at radius 1 is 1.22 bits per heavy atom. The number of anilines is 1. The molecule has 0 radical (unpaired) electrons. The molecular weight excluding hydrogens is 238 g/mol. The maximum absolute atomic E-state index is 13.1. The van der Waals surface area contributed by atoms with Crippen molar-refractivity contribution in [3.63, 3.8) is 0 Å². The van der Waals surface area contributed by atoms with Crippen molar-refractivity contribution in [3.05, 3.63) is 18.6 Å². The lowest BCUT2D eigenvalue weighted by molar-refractivity contribution is -0.0221. The normalized spacial score (nSPS) is 19.4. The van der Waals surface area contributed by atoms with Crippen LogP contribution >= 0.6 is 0 Å². The lowest BCUT2D eigenvalue weighted by atomic mass is 10.1. The van der Waals surface area contributed by atoms with Crippen LogP contribution in [0.5, 0.6) is 0 Å². The van der Waals surface area contributed by atoms with E-state index < -0.39 is 5.92 Å². The first-order valence-electron chi connectivity index (χ1n) is 5.96. The molecule has 0 unspecified atom stereocenters. The van der Waals surface area contributed by atoms with E-state index in [-0.39, 0.29) is 12.8 Å². The largest absolute Gasteiger partial charge is 0.356 e. The van der Waals surface area contributed by atoms with E-state index in [1.54, 1.807) is 0 Å². The molecule has 0 aromatic carbocycles. The van der Waals surface area contributed by atoms with Crippen LogP contribution in [0.15, 0.2) is 18.6 Å². The molecule has 3 heterocycles. The van der Waals surface area contributed by atoms with Crippen LogP contribution in [0.4, 0.5) is 14.6 Å². The molecule has 0 aliphatic carbocycles. The molecule has 0 amide bonds. The smallest absolute Gasteiger partial charge is 0.251 e. The lowest BCUT2D eigenvalue weighted by Gasteiger charge is -2.32. The van der Waals surface area contributed by atoms with Gasteiger partial charge in [0.15, 0.2) is 0 Å². The quantitative estimate of drug-likeness (QED) is 0.780. The third-order valence-electron chi connectivity index (χ3n) is 3.44. The third-order valence-corrected chi connectivity index (χ3v) is 3.44. The number of hydrogen-bond donors (Lipinski definition) is 0. The topological polar surface area (TPSA) is 34.0 Å². The number of fused-ring (bicyclic) bond motifs is 1. The minimum atomic E-state index is -2.53. The zero-order valence-electron chi connectivity index (χ0n) is 10.1. The van der Waals surface area contributed by atoms with Gasteiger partial charge in [-0.05, 0) is 6.07 Å². The van der Waals surface area contributed by atoms with E-state index >= 15 is 0 Å². The van der Waals surface area contributed by atoms with Crippen molar-refractivity contribution in [2.24, 2.45) is 7.05 Å². The number of halogens is 2. The lowest BCUT2D eigenvalue weighted by Crippen LogP contribution is -2.39. The van der Waals surface area contributed by atoms with E-state index in [1.165, 1.54) is 6.33 Å². The van der Waals surface area contributed by atoms with E-state index in [9.17, 15) is 8.78 Å². The molecule has 4 nitrogen and oxygen atoms in total. The molecule has 1 aliphatic heterocycles. The van der Waals surface area contributed by atoms with Crippen LogP contribution in [0, 0.1) is 0 Å². The number of rotatable bonds is 1. The summed E-state index contributed by atoms with van der Waals surface area (Å²) < 4.78 is 28.2. The Morgan fingerprint density at radius 2 is 1.94 bits per heavy atom. The van der Waals surface area contributed by atoms with Gasteiger partial charge in [0.25, 0.3) is 5.92 Å². The molecule has 96 valence electrons. The maximum Gasteiger partial charge on any atom is 0.251 e. The number of piperidine rings is 1. The Balaban J connectivity index is 1.95. The minimum absolute atomic E-state index is 0.106. The average Bonchev–Trinajstić information content (AvgIpc) is 2.72. The summed E-state index contributed by atoms with van der Waals surface area (Å²) in [5.41, 5.74) is 0.831. The van der Waals surface area contributed by atoms with Crippen molar-refractivity contribution in [1.82, 2.24) is 14.5 Å². The Hall–Kier alpha value is -1.72. The van der Waals surface area contributed by atoms with Crippen molar-refractivity contribution < 1.29 is 8.78 Å². The average molecular weight is 252 g/mol. The van der Waals surface area contributed by atoms with Gasteiger partial charge in [-0.25, -0.2) is 18.7 Å². The summed E-state index contributed by atoms with van der Waals surface area (Å²) in [6, 6.07) is 1.93. The summed E-state index contributed by atoms with van der Waals surface area (Å²) in [6.45, 7) is 0.683. The van der Waals surface area contributed by atoms with Crippen molar-refractivity contribution >= 4 is 16.9 Å². The summed E-state index contributed by atoms with van der Waals surface area (Å²) in [5.74, 6) is -1.77. The molecule has 2 aromatic heterocycles. The van der Waals surface area contributed by atoms with E-state index in [1.807, 2.05) is 28.8 Å². The van der Waals surface area contributed by atoms with Gasteiger partial charge in [0.05, 0.1) is 5.39 Å². The predicted octanol–water partition coefficient (Wildman–Crippen LogP) is 2.20. The fraction of sp³-hybridized carbons (Fsp3) is 0.500. The van der Waals surface area contributed by atoms with Gasteiger partial charge in [0, 0.05) is 39.2 Å². The maximum atomic E-state index is 13.1. The van der Waals surface area contributed by atoms with Crippen molar-refractivity contribution in [1.29, 1.82) is 0 Å². The molecule has 3 rings (SSSR count). The highest BCUT2D eigenvalue weighted by molar-refractivity contribution is 5.87. The second-order valence-corrected chi connectivity index (χ2v) is 4.70. The fourth-order valence-electron chi connectivity index (χ4n) is 2.36. The van der Waals surface area contributed by atoms with E-state index in [4.69, 9.17) is 0 Å². The number of nitrogens with zero attached hydrogens (tertiary/aromatic N) is 4. The van der Waals surface area contributed by atoms with Crippen LogP contribution in [0.2, 0.25) is 0 Å². The van der Waals surface area contributed by atoms with Crippen LogP contribution in [0.25, 0.3) is 11.0 Å². The van der Waals surface area contributed by atoms with E-state index in [0.29, 0.717) is 13.1 Å². The SMILES string of the molecule is Cn1ccc2c(N3CCC(F)(F)CC3)ncnc21. The van der Waals surface area contributed by atoms with Crippen molar-refractivity contribution in [2.75, 3.05) is 18.0 Å². The highest BCUT2D eigenvalue weighted by Crippen LogP contribution is 2.32. The Labute approximate surface area is 103 Å². The Morgan fingerprint density at radius 3 is 2.67 bits per heavy atom. The molecule has 0 N–H and O–H groups in total. The third kappa shape index (κ3) is 1.81. The number of aryl methyl sites for hydroxylation is 1. The molecule has 0 saturated carbocycles. The molecule has 2 aromatic rings. The summed E-state index contributed by atoms with van der Waals surface area (Å²) in [5, 5.41) is 0.921. The molecule has 0 spiro atoms. The summed E-state index contributed by atoms with van der Waals surface area (Å²) in [6.07, 6.45) is 3.18. The highest BCUT2D eigenvalue weighted by Gasteiger charge is 2.34. The first-order valence-corrected chi connectivity index (χ1v) is 5.96. The first-order chi connectivity index (χ1) is 8.57. The van der Waals surface area contributed by atoms with Gasteiger partial charge in [-0.15, -0.1) is 0 Å². The minimum Gasteiger partial charge on any atom is -0.356 e. The van der Waals surface area contributed by atoms with Gasteiger partial charge in [0.1, 0.15) is 17.8 Å². The van der Waals surface area contributed by atoms with Gasteiger partial charge in [-0.3, -0.25) is 0 Å². The zero-order valence-corrected chi connectivity index (χ0v) is 10.1. The second-order valence-electron chi connectivity index (χ2n) is 4.70. The molecule has 1 fully saturated rings. The van der Waals surface area contributed by atoms with E-state index in [0.717, 1.165) is 16.9 Å². The molecular formula is C12H14F2N4. The predicted molar refractivity (Wildman–Crippen MR) is 64.9 cm³/mol. The molecule has 18 heavy (non-hydrogen) atoms. The van der Waals surface area contributed by atoms with Gasteiger partial charge < -0.3 is 9.47 Å². The number of hydrogen-bond acceptors (Lipinski definition) is 3. The number of aromatic nitrogens is 3. The summed E-state index contributed by atoms with van der Waals surface area (Å²) in [7, 11) is 1.91. The first kappa shape index (κ1) is 11.4. The standard InChI is InChI=1S/C12H14F2N4/c1-17-5-2-9-10(17)15-8-16-11(9)18-6-3-12(13,14)4-7-18/h2,5,8H,3-4,6-7H2,1H3. The Bertz CT molecular complexity index is 568. The van der Waals surface area contributed by atoms with Crippen LogP contribution < -0.4 is 4.90 Å². The molecule has 1 saturated heterocycles. The fourth-order valence-corrected chi connectivity index (χ4v) is 2.36. The van der Waals surface area contributed by atoms with Crippen LogP contribution in [0.3, 0.4) is 0 Å². The molecule has 1 aliphatic rings. The highest BCUT2D eigenvalue weighted by atomic mass is 19.3. The summed E-state index contributed by atoms with van der Waals surface area (Å²) >= 11 is 0. The zero-order chi connectivity index (χ0) is 12.8. The van der Waals surface area contributed by atoms with E-state index in [2.05, 4.69) is 9.97 Å². The van der Waals surface area contributed by atoms with Crippen molar-refractivity contribution in [3.8, 4) is 0 Å². The van der Waals surface area contributed by atoms with Crippen molar-refractivity contribution in [2.45, 2.75) is 18.8 Å². The van der Waals surface area contributed by atoms with Crippen LogP contribution in [-0.2, 0) is 7.05 Å². The van der Waals surface area contributed by atoms with Gasteiger partial charge in [-0.1, -0.05) is 0 Å². The molecule has 0 atom stereocenters. The van der Waals surface area contributed by atoms with Crippen LogP contribution in [-0.4, -0.2) is 33.5 Å². The second kappa shape index (κ2) is 3.90. The van der Waals surface area contributed by atoms with Crippen LogP contribution in [0.1, 0.15) is 12.8 Å². The monoisotopic (exact) mass is 252 g/mol.